The molecule has 5 aromatic rings. The van der Waals surface area contributed by atoms with Crippen LogP contribution >= 0.6 is 11.6 Å². The minimum Gasteiger partial charge on any atom is -0.349 e. The topological polar surface area (TPSA) is 102 Å². The Morgan fingerprint density at radius 2 is 1.98 bits per heavy atom. The number of Topliss-reactive ketones (excluding diaryl/α,β-unsaturated/α-hetero) is 1. The fourth-order valence-corrected chi connectivity index (χ4v) is 5.64. The molecule has 9 nitrogen and oxygen atoms in total. The molecule has 1 fully saturated rings. The van der Waals surface area contributed by atoms with Crippen LogP contribution in [0.5, 0.6) is 0 Å². The summed E-state index contributed by atoms with van der Waals surface area (Å²) in [6, 6.07) is 13.6. The van der Waals surface area contributed by atoms with Crippen LogP contribution < -0.4 is 5.32 Å². The highest BCUT2D eigenvalue weighted by atomic mass is 35.5. The van der Waals surface area contributed by atoms with Gasteiger partial charge in [0.05, 0.1) is 16.7 Å². The van der Waals surface area contributed by atoms with Crippen LogP contribution in [0, 0.1) is 18.8 Å². The quantitative estimate of drug-likeness (QED) is 0.171. The standard InChI is InChI=1S/C32H27ClN6O3/c1-20-10-11-22(16-21(20)12-13-24-18-34-29-9-4-14-35-39(24)29)28(40)8-5-15-38-31(41)27(36-32(38)42)17-23-19-37(2)30-25(23)6-3-7-26(30)33/h3-4,6-7,9-11,14,16,18-19,27H,5,8,15,17H2,1-2H3,(H,36,42). The number of urea groups is 1. The third-order valence-corrected chi connectivity index (χ3v) is 7.82. The van der Waals surface area contributed by atoms with Crippen molar-refractivity contribution in [1.82, 2.24) is 29.4 Å². The van der Waals surface area contributed by atoms with Crippen molar-refractivity contribution in [2.75, 3.05) is 6.54 Å². The average molecular weight is 579 g/mol. The number of nitrogens with zero attached hydrogens (tertiary/aromatic N) is 5. The Hall–Kier alpha value is -4.94. The van der Waals surface area contributed by atoms with Gasteiger partial charge in [-0.2, -0.15) is 5.10 Å². The molecule has 0 bridgehead atoms. The maximum absolute atomic E-state index is 13.1. The molecule has 0 spiro atoms. The van der Waals surface area contributed by atoms with Crippen LogP contribution in [0.1, 0.15) is 45.6 Å². The Kier molecular flexibility index (Phi) is 7.23. The molecule has 3 aromatic heterocycles. The predicted molar refractivity (Wildman–Crippen MR) is 159 cm³/mol. The van der Waals surface area contributed by atoms with Gasteiger partial charge in [0.25, 0.3) is 5.91 Å². The number of aromatic nitrogens is 4. The fraction of sp³-hybridized carbons (Fsp3) is 0.219. The molecule has 210 valence electrons. The van der Waals surface area contributed by atoms with Crippen LogP contribution in [0.25, 0.3) is 16.6 Å². The second-order valence-corrected chi connectivity index (χ2v) is 10.7. The van der Waals surface area contributed by atoms with Crippen molar-refractivity contribution in [2.24, 2.45) is 7.05 Å². The van der Waals surface area contributed by atoms with Crippen molar-refractivity contribution < 1.29 is 14.4 Å². The van der Waals surface area contributed by atoms with E-state index in [1.165, 1.54) is 4.90 Å². The predicted octanol–water partition coefficient (Wildman–Crippen LogP) is 4.71. The molecular weight excluding hydrogens is 552 g/mol. The van der Waals surface area contributed by atoms with Crippen LogP contribution in [0.3, 0.4) is 0 Å². The highest BCUT2D eigenvalue weighted by molar-refractivity contribution is 6.35. The zero-order valence-corrected chi connectivity index (χ0v) is 23.9. The lowest BCUT2D eigenvalue weighted by Gasteiger charge is -2.13. The second-order valence-electron chi connectivity index (χ2n) is 10.3. The molecule has 0 aliphatic carbocycles. The highest BCUT2D eigenvalue weighted by Gasteiger charge is 2.38. The Morgan fingerprint density at radius 1 is 1.12 bits per heavy atom. The number of carbonyl (C=O) groups is 3. The molecular formula is C32H27ClN6O3. The van der Waals surface area contributed by atoms with E-state index in [1.54, 1.807) is 29.0 Å². The number of halogens is 1. The lowest BCUT2D eigenvalue weighted by Crippen LogP contribution is -2.33. The fourth-order valence-electron chi connectivity index (χ4n) is 5.33. The molecule has 1 unspecified atom stereocenters. The number of carbonyl (C=O) groups excluding carboxylic acids is 3. The Morgan fingerprint density at radius 3 is 2.83 bits per heavy atom. The lowest BCUT2D eigenvalue weighted by atomic mass is 10.0. The second kappa shape index (κ2) is 11.1. The maximum atomic E-state index is 13.1. The van der Waals surface area contributed by atoms with Gasteiger partial charge in [0.1, 0.15) is 11.7 Å². The Bertz CT molecular complexity index is 1950. The third kappa shape index (κ3) is 5.13. The van der Waals surface area contributed by atoms with Crippen molar-refractivity contribution in [3.05, 3.63) is 100 Å². The van der Waals surface area contributed by atoms with E-state index in [1.807, 2.05) is 61.1 Å². The number of aryl methyl sites for hydroxylation is 2. The van der Waals surface area contributed by atoms with Crippen LogP contribution in [0.15, 0.2) is 67.1 Å². The van der Waals surface area contributed by atoms with Gasteiger partial charge in [-0.25, -0.2) is 14.3 Å². The summed E-state index contributed by atoms with van der Waals surface area (Å²) in [6.07, 6.45) is 6.18. The summed E-state index contributed by atoms with van der Waals surface area (Å²) in [5.74, 6) is 5.87. The van der Waals surface area contributed by atoms with Crippen LogP contribution in [0.4, 0.5) is 4.79 Å². The summed E-state index contributed by atoms with van der Waals surface area (Å²) in [6.45, 7) is 2.10. The minimum atomic E-state index is -0.667. The first-order valence-corrected chi connectivity index (χ1v) is 14.0. The number of para-hydroxylation sites is 1. The molecule has 1 N–H and O–H groups in total. The normalized spacial score (nSPS) is 14.8. The summed E-state index contributed by atoms with van der Waals surface area (Å²) in [7, 11) is 1.90. The van der Waals surface area contributed by atoms with Crippen molar-refractivity contribution in [1.29, 1.82) is 0 Å². The number of imide groups is 1. The van der Waals surface area contributed by atoms with Crippen molar-refractivity contribution in [3.8, 4) is 11.8 Å². The van der Waals surface area contributed by atoms with Crippen LogP contribution in [-0.4, -0.2) is 54.4 Å². The van der Waals surface area contributed by atoms with Gasteiger partial charge < -0.3 is 9.88 Å². The largest absolute Gasteiger partial charge is 0.349 e. The highest BCUT2D eigenvalue weighted by Crippen LogP contribution is 2.29. The van der Waals surface area contributed by atoms with E-state index >= 15 is 0 Å². The molecule has 3 amide bonds. The monoisotopic (exact) mass is 578 g/mol. The molecule has 1 atom stereocenters. The van der Waals surface area contributed by atoms with Gasteiger partial charge >= 0.3 is 6.03 Å². The van der Waals surface area contributed by atoms with Gasteiger partial charge in [-0.15, -0.1) is 0 Å². The SMILES string of the molecule is Cc1ccc(C(=O)CCCN2C(=O)NC(Cc3cn(C)c4c(Cl)cccc34)C2=O)cc1C#Cc1cnc2cccnn12. The van der Waals surface area contributed by atoms with Crippen LogP contribution in [0.2, 0.25) is 5.02 Å². The summed E-state index contributed by atoms with van der Waals surface area (Å²) in [4.78, 5) is 44.3. The number of hydrogen-bond acceptors (Lipinski definition) is 5. The van der Waals surface area contributed by atoms with E-state index in [-0.39, 0.29) is 24.7 Å². The average Bonchev–Trinajstić information content (AvgIpc) is 3.62. The molecule has 0 radical (unpaired) electrons. The molecule has 1 saturated heterocycles. The first kappa shape index (κ1) is 27.2. The molecule has 42 heavy (non-hydrogen) atoms. The Labute approximate surface area is 247 Å². The van der Waals surface area contributed by atoms with Gasteiger partial charge in [0.2, 0.25) is 0 Å². The van der Waals surface area contributed by atoms with Crippen molar-refractivity contribution in [2.45, 2.75) is 32.2 Å². The van der Waals surface area contributed by atoms with E-state index < -0.39 is 12.1 Å². The number of nitrogens with one attached hydrogen (secondary N) is 1. The first-order valence-electron chi connectivity index (χ1n) is 13.6. The van der Waals surface area contributed by atoms with Crippen LogP contribution in [-0.2, 0) is 18.3 Å². The van der Waals surface area contributed by atoms with Crippen molar-refractivity contribution >= 4 is 45.9 Å². The number of rotatable bonds is 7. The molecule has 10 heteroatoms. The number of fused-ring (bicyclic) bond motifs is 2. The van der Waals surface area contributed by atoms with Gasteiger partial charge in [0, 0.05) is 55.3 Å². The molecule has 6 rings (SSSR count). The summed E-state index contributed by atoms with van der Waals surface area (Å²) in [5.41, 5.74) is 5.39. The summed E-state index contributed by atoms with van der Waals surface area (Å²) >= 11 is 6.36. The zero-order chi connectivity index (χ0) is 29.4. The minimum absolute atomic E-state index is 0.0780. The number of amides is 3. The van der Waals surface area contributed by atoms with Gasteiger partial charge in [-0.3, -0.25) is 14.5 Å². The van der Waals surface area contributed by atoms with E-state index in [2.05, 4.69) is 27.2 Å². The first-order chi connectivity index (χ1) is 20.3. The summed E-state index contributed by atoms with van der Waals surface area (Å²) in [5, 5.41) is 8.65. The smallest absolute Gasteiger partial charge is 0.324 e. The van der Waals surface area contributed by atoms with Crippen molar-refractivity contribution in [3.63, 3.8) is 0 Å². The molecule has 1 aliphatic rings. The lowest BCUT2D eigenvalue weighted by molar-refractivity contribution is -0.127. The number of ketones is 1. The number of benzene rings is 2. The maximum Gasteiger partial charge on any atom is 0.324 e. The number of imidazole rings is 1. The summed E-state index contributed by atoms with van der Waals surface area (Å²) < 4.78 is 3.59. The molecule has 1 aliphatic heterocycles. The van der Waals surface area contributed by atoms with E-state index in [0.717, 1.165) is 27.6 Å². The Balaban J connectivity index is 1.08. The number of hydrogen-bond donors (Lipinski definition) is 1. The molecule has 0 saturated carbocycles. The molecule has 4 heterocycles. The third-order valence-electron chi connectivity index (χ3n) is 7.51. The van der Waals surface area contributed by atoms with Gasteiger partial charge in [-0.05, 0) is 54.7 Å². The van der Waals surface area contributed by atoms with E-state index in [4.69, 9.17) is 11.6 Å². The zero-order valence-electron chi connectivity index (χ0n) is 23.1. The van der Waals surface area contributed by atoms with E-state index in [0.29, 0.717) is 34.8 Å². The molecule has 2 aromatic carbocycles. The van der Waals surface area contributed by atoms with Gasteiger partial charge in [0.15, 0.2) is 11.4 Å². The van der Waals surface area contributed by atoms with Gasteiger partial charge in [-0.1, -0.05) is 41.8 Å². The van der Waals surface area contributed by atoms with E-state index in [9.17, 15) is 14.4 Å².